The maximum atomic E-state index is 8.39. The quantitative estimate of drug-likeness (QED) is 0.528. The Morgan fingerprint density at radius 2 is 1.25 bits per heavy atom. The average Bonchev–Trinajstić information content (AvgIpc) is 1.00. The summed E-state index contributed by atoms with van der Waals surface area (Å²) in [7, 11) is 0. The molecule has 0 saturated carbocycles. The zero-order chi connectivity index (χ0) is 2.00. The fourth-order valence-electron chi connectivity index (χ4n) is 0. The van der Waals surface area contributed by atoms with Crippen molar-refractivity contribution < 1.29 is 19.8 Å². The van der Waals surface area contributed by atoms with Crippen LogP contribution in [0.5, 0.6) is 0 Å². The van der Waals surface area contributed by atoms with Crippen molar-refractivity contribution in [1.82, 2.24) is 0 Å². The Hall–Kier alpha value is 2.50. The van der Waals surface area contributed by atoms with Crippen LogP contribution in [0.2, 0.25) is 0 Å². The van der Waals surface area contributed by atoms with Gasteiger partial charge in [-0.2, -0.15) is 0 Å². The van der Waals surface area contributed by atoms with Gasteiger partial charge in [0.15, 0.2) is 0 Å². The van der Waals surface area contributed by atoms with Crippen LogP contribution in [0.25, 0.3) is 0 Å². The van der Waals surface area contributed by atoms with Crippen LogP contribution in [0.1, 0.15) is 0 Å². The van der Waals surface area contributed by atoms with Gasteiger partial charge in [0.1, 0.15) is 0 Å². The topological polar surface area (TPSA) is 17.1 Å². The van der Waals surface area contributed by atoms with Crippen LogP contribution in [-0.2, 0) is 19.8 Å². The van der Waals surface area contributed by atoms with Crippen molar-refractivity contribution in [2.24, 2.45) is 0 Å². The molecular formula is CaCuOPb. The zero-order valence-corrected chi connectivity index (χ0v) is 8.95. The van der Waals surface area contributed by atoms with Crippen LogP contribution in [0.4, 0.5) is 0 Å². The van der Waals surface area contributed by atoms with Gasteiger partial charge in [-0.05, 0) is 0 Å². The van der Waals surface area contributed by atoms with Crippen molar-refractivity contribution in [3.05, 3.63) is 0 Å². The predicted octanol–water partition coefficient (Wildman–Crippen LogP) is -0.883. The molecule has 0 N–H and O–H groups in total. The van der Waals surface area contributed by atoms with Crippen molar-refractivity contribution >= 4 is 63.5 Å². The van der Waals surface area contributed by atoms with E-state index in [0.29, 0.717) is 0 Å². The second kappa shape index (κ2) is 17.8. The molecule has 0 aromatic carbocycles. The first-order valence-electron chi connectivity index (χ1n) is 0.204. The first kappa shape index (κ1) is 16.0. The molecule has 0 aliphatic heterocycles. The summed E-state index contributed by atoms with van der Waals surface area (Å²) >= 11 is 0.0556. The molecule has 0 atom stereocenters. The van der Waals surface area contributed by atoms with Gasteiger partial charge in [-0.15, -0.1) is 0 Å². The third-order valence-electron chi connectivity index (χ3n) is 0. The Bertz CT molecular complexity index is 8.00. The predicted molar refractivity (Wildman–Crippen MR) is 12.2 cm³/mol. The molecule has 4 heavy (non-hydrogen) atoms. The summed E-state index contributed by atoms with van der Waals surface area (Å²) in [5.74, 6) is 0. The Kier molecular flexibility index (Phi) is 71.5. The SMILES string of the molecule is [Ca].[Cu].[O]=[Pb]. The van der Waals surface area contributed by atoms with E-state index >= 15 is 0 Å². The third-order valence-corrected chi connectivity index (χ3v) is 0. The minimum atomic E-state index is 0. The molecular weight excluding hydrogens is 327 g/mol. The van der Waals surface area contributed by atoms with E-state index in [1.165, 1.54) is 0 Å². The summed E-state index contributed by atoms with van der Waals surface area (Å²) in [6.07, 6.45) is 0. The molecule has 5 radical (unpaired) electrons. The molecule has 0 spiro atoms. The van der Waals surface area contributed by atoms with Crippen LogP contribution < -0.4 is 0 Å². The van der Waals surface area contributed by atoms with Crippen LogP contribution >= 0.6 is 0 Å². The molecule has 0 aromatic heterocycles. The summed E-state index contributed by atoms with van der Waals surface area (Å²) in [5, 5.41) is 0. The van der Waals surface area contributed by atoms with Crippen molar-refractivity contribution in [2.75, 3.05) is 0 Å². The molecule has 0 aliphatic carbocycles. The fourth-order valence-corrected chi connectivity index (χ4v) is 0. The molecule has 1 nitrogen and oxygen atoms in total. The fraction of sp³-hybridized carbons (Fsp3) is 0. The van der Waals surface area contributed by atoms with Gasteiger partial charge in [0, 0.05) is 54.8 Å². The van der Waals surface area contributed by atoms with Crippen LogP contribution in [0.3, 0.4) is 0 Å². The van der Waals surface area contributed by atoms with Gasteiger partial charge >= 0.3 is 28.5 Å². The molecule has 0 aliphatic rings. The molecule has 0 unspecified atom stereocenters. The summed E-state index contributed by atoms with van der Waals surface area (Å²) < 4.78 is 8.39. The van der Waals surface area contributed by atoms with E-state index in [9.17, 15) is 0 Å². The van der Waals surface area contributed by atoms with Gasteiger partial charge in [-0.25, -0.2) is 0 Å². The summed E-state index contributed by atoms with van der Waals surface area (Å²) in [6, 6.07) is 0. The molecule has 0 heterocycles. The number of hydrogen-bond donors (Lipinski definition) is 0. The molecule has 23 valence electrons. The minimum absolute atomic E-state index is 0. The normalized spacial score (nSPS) is 1.00. The van der Waals surface area contributed by atoms with Crippen molar-refractivity contribution in [2.45, 2.75) is 0 Å². The molecule has 0 rings (SSSR count). The van der Waals surface area contributed by atoms with E-state index in [1.807, 2.05) is 0 Å². The Morgan fingerprint density at radius 1 is 1.25 bits per heavy atom. The molecule has 0 aromatic rings. The van der Waals surface area contributed by atoms with Crippen molar-refractivity contribution in [3.8, 4) is 0 Å². The summed E-state index contributed by atoms with van der Waals surface area (Å²) in [4.78, 5) is 0. The third kappa shape index (κ3) is 8.82. The summed E-state index contributed by atoms with van der Waals surface area (Å²) in [5.41, 5.74) is 0. The van der Waals surface area contributed by atoms with Crippen LogP contribution in [0, 0.1) is 0 Å². The molecule has 4 heteroatoms. The van der Waals surface area contributed by atoms with Gasteiger partial charge < -0.3 is 0 Å². The van der Waals surface area contributed by atoms with Crippen LogP contribution in [0.15, 0.2) is 0 Å². The number of rotatable bonds is 0. The van der Waals surface area contributed by atoms with Crippen molar-refractivity contribution in [1.29, 1.82) is 0 Å². The molecule has 0 saturated heterocycles. The van der Waals surface area contributed by atoms with Gasteiger partial charge in [-0.1, -0.05) is 0 Å². The number of hydrogen-bond acceptors (Lipinski definition) is 1. The van der Waals surface area contributed by atoms with Gasteiger partial charge in [0.25, 0.3) is 0 Å². The molecule has 0 bridgehead atoms. The zero-order valence-electron chi connectivity index (χ0n) is 1.92. The van der Waals surface area contributed by atoms with Gasteiger partial charge in [0.2, 0.25) is 0 Å². The maximum absolute atomic E-state index is 8.39. The second-order valence-electron chi connectivity index (χ2n) is 0. The van der Waals surface area contributed by atoms with E-state index in [1.54, 1.807) is 0 Å². The van der Waals surface area contributed by atoms with Gasteiger partial charge in [-0.3, -0.25) is 0 Å². The second-order valence-corrected chi connectivity index (χ2v) is 0. The standard InChI is InChI=1S/Ca.Cu.O.Pb. The first-order valence-corrected chi connectivity index (χ1v) is 1.79. The molecule has 0 fully saturated rings. The Morgan fingerprint density at radius 3 is 1.25 bits per heavy atom. The van der Waals surface area contributed by atoms with E-state index in [4.69, 9.17) is 2.69 Å². The summed E-state index contributed by atoms with van der Waals surface area (Å²) in [6.45, 7) is 0. The van der Waals surface area contributed by atoms with E-state index in [2.05, 4.69) is 0 Å². The van der Waals surface area contributed by atoms with E-state index in [-0.39, 0.29) is 80.6 Å². The van der Waals surface area contributed by atoms with E-state index in [0.717, 1.165) is 0 Å². The average molecular weight is 327 g/mol. The van der Waals surface area contributed by atoms with Crippen molar-refractivity contribution in [3.63, 3.8) is 0 Å². The Balaban J connectivity index is -0.00000000500. The van der Waals surface area contributed by atoms with Crippen LogP contribution in [-0.4, -0.2) is 63.5 Å². The monoisotopic (exact) mass is 327 g/mol. The van der Waals surface area contributed by atoms with E-state index < -0.39 is 0 Å². The van der Waals surface area contributed by atoms with Gasteiger partial charge in [0.05, 0.1) is 0 Å². The Labute approximate surface area is 81.5 Å². The first-order chi connectivity index (χ1) is 1.00. The molecule has 0 amide bonds.